The van der Waals surface area contributed by atoms with Crippen molar-refractivity contribution in [3.05, 3.63) is 29.8 Å². The molecule has 0 unspecified atom stereocenters. The van der Waals surface area contributed by atoms with Crippen LogP contribution in [0, 0.1) is 0 Å². The summed E-state index contributed by atoms with van der Waals surface area (Å²) in [6, 6.07) is 7.28. The summed E-state index contributed by atoms with van der Waals surface area (Å²) in [5.41, 5.74) is 11.6. The molecule has 0 saturated heterocycles. The Kier molecular flexibility index (Phi) is 7.25. The van der Waals surface area contributed by atoms with Gasteiger partial charge in [-0.1, -0.05) is 31.5 Å². The van der Waals surface area contributed by atoms with Crippen LogP contribution in [0.15, 0.2) is 24.3 Å². The molecule has 0 atom stereocenters. The zero-order valence-corrected chi connectivity index (χ0v) is 12.4. The Morgan fingerprint density at radius 2 is 2.00 bits per heavy atom. The minimum atomic E-state index is -0.526. The molecule has 0 aliphatic heterocycles. The largest absolute Gasteiger partial charge is 0.483 e. The van der Waals surface area contributed by atoms with Crippen LogP contribution in [0.1, 0.15) is 25.3 Å². The van der Waals surface area contributed by atoms with E-state index >= 15 is 0 Å². The van der Waals surface area contributed by atoms with Crippen molar-refractivity contribution in [1.29, 1.82) is 0 Å². The summed E-state index contributed by atoms with van der Waals surface area (Å²) in [5.74, 6) is -0.196. The van der Waals surface area contributed by atoms with Crippen molar-refractivity contribution < 1.29 is 14.3 Å². The number of carbonyl (C=O) groups excluding carboxylic acids is 2. The topological polar surface area (TPSA) is 98.6 Å². The molecule has 1 aromatic rings. The van der Waals surface area contributed by atoms with Gasteiger partial charge in [0.05, 0.1) is 6.54 Å². The van der Waals surface area contributed by atoms with Crippen LogP contribution in [0.2, 0.25) is 0 Å². The van der Waals surface area contributed by atoms with Gasteiger partial charge in [0.1, 0.15) is 5.75 Å². The quantitative estimate of drug-likeness (QED) is 0.698. The molecule has 6 nitrogen and oxygen atoms in total. The third kappa shape index (κ3) is 5.83. The Morgan fingerprint density at radius 1 is 1.29 bits per heavy atom. The zero-order valence-electron chi connectivity index (χ0n) is 12.4. The van der Waals surface area contributed by atoms with Crippen LogP contribution in [-0.2, 0) is 16.1 Å². The number of ether oxygens (including phenoxy) is 1. The van der Waals surface area contributed by atoms with Gasteiger partial charge in [0.2, 0.25) is 5.91 Å². The Balaban J connectivity index is 2.61. The predicted octanol–water partition coefficient (Wildman–Crippen LogP) is 0.638. The van der Waals surface area contributed by atoms with E-state index in [0.717, 1.165) is 18.4 Å². The van der Waals surface area contributed by atoms with Crippen molar-refractivity contribution in [1.82, 2.24) is 4.90 Å². The third-order valence-corrected chi connectivity index (χ3v) is 3.02. The summed E-state index contributed by atoms with van der Waals surface area (Å²) in [5, 5.41) is 0. The number of hydrogen-bond donors (Lipinski definition) is 2. The van der Waals surface area contributed by atoms with Crippen LogP contribution in [-0.4, -0.2) is 36.4 Å². The van der Waals surface area contributed by atoms with Crippen LogP contribution >= 0.6 is 0 Å². The van der Waals surface area contributed by atoms with Gasteiger partial charge in [0, 0.05) is 18.7 Å². The predicted molar refractivity (Wildman–Crippen MR) is 80.5 cm³/mol. The smallest absolute Gasteiger partial charge is 0.260 e. The standard InChI is InChI=1S/C15H23N3O3/c1-2-3-8-18(10-14(17)19)15(20)11-21-13-7-5-4-6-12(13)9-16/h4-7H,2-3,8-11,16H2,1H3,(H2,17,19). The summed E-state index contributed by atoms with van der Waals surface area (Å²) >= 11 is 0. The molecule has 0 aliphatic carbocycles. The second kappa shape index (κ2) is 8.97. The van der Waals surface area contributed by atoms with Gasteiger partial charge < -0.3 is 21.1 Å². The SMILES string of the molecule is CCCCN(CC(N)=O)C(=O)COc1ccccc1CN. The van der Waals surface area contributed by atoms with E-state index in [1.54, 1.807) is 6.07 Å². The fraction of sp³-hybridized carbons (Fsp3) is 0.467. The molecule has 1 rings (SSSR count). The maximum atomic E-state index is 12.1. The summed E-state index contributed by atoms with van der Waals surface area (Å²) in [6.07, 6.45) is 1.75. The molecule has 0 aliphatic rings. The van der Waals surface area contributed by atoms with Gasteiger partial charge in [-0.3, -0.25) is 9.59 Å². The number of nitrogens with zero attached hydrogens (tertiary/aromatic N) is 1. The van der Waals surface area contributed by atoms with Crippen molar-refractivity contribution in [2.24, 2.45) is 11.5 Å². The molecule has 0 aromatic heterocycles. The lowest BCUT2D eigenvalue weighted by molar-refractivity contribution is -0.137. The molecule has 1 aromatic carbocycles. The highest BCUT2D eigenvalue weighted by molar-refractivity contribution is 5.84. The van der Waals surface area contributed by atoms with Gasteiger partial charge >= 0.3 is 0 Å². The fourth-order valence-corrected chi connectivity index (χ4v) is 1.87. The lowest BCUT2D eigenvalue weighted by atomic mass is 10.2. The first kappa shape index (κ1) is 17.0. The second-order valence-electron chi connectivity index (χ2n) is 4.74. The van der Waals surface area contributed by atoms with Crippen molar-refractivity contribution in [2.75, 3.05) is 19.7 Å². The van der Waals surface area contributed by atoms with Crippen LogP contribution in [0.3, 0.4) is 0 Å². The lowest BCUT2D eigenvalue weighted by Gasteiger charge is -2.21. The highest BCUT2D eigenvalue weighted by Gasteiger charge is 2.16. The van der Waals surface area contributed by atoms with Crippen molar-refractivity contribution >= 4 is 11.8 Å². The van der Waals surface area contributed by atoms with Crippen LogP contribution in [0.5, 0.6) is 5.75 Å². The molecule has 0 radical (unpaired) electrons. The number of hydrogen-bond acceptors (Lipinski definition) is 4. The third-order valence-electron chi connectivity index (χ3n) is 3.02. The van der Waals surface area contributed by atoms with Crippen LogP contribution in [0.4, 0.5) is 0 Å². The first-order chi connectivity index (χ1) is 10.1. The van der Waals surface area contributed by atoms with E-state index in [1.807, 2.05) is 25.1 Å². The summed E-state index contributed by atoms with van der Waals surface area (Å²) in [4.78, 5) is 24.6. The maximum Gasteiger partial charge on any atom is 0.260 e. The van der Waals surface area contributed by atoms with E-state index in [0.29, 0.717) is 18.8 Å². The van der Waals surface area contributed by atoms with Gasteiger partial charge in [-0.2, -0.15) is 0 Å². The van der Waals surface area contributed by atoms with Crippen molar-refractivity contribution in [3.63, 3.8) is 0 Å². The molecule has 2 amide bonds. The van der Waals surface area contributed by atoms with Gasteiger partial charge in [-0.05, 0) is 12.5 Å². The highest BCUT2D eigenvalue weighted by Crippen LogP contribution is 2.17. The van der Waals surface area contributed by atoms with Gasteiger partial charge in [0.25, 0.3) is 5.91 Å². The normalized spacial score (nSPS) is 10.2. The van der Waals surface area contributed by atoms with Gasteiger partial charge in [-0.25, -0.2) is 0 Å². The highest BCUT2D eigenvalue weighted by atomic mass is 16.5. The zero-order chi connectivity index (χ0) is 15.7. The van der Waals surface area contributed by atoms with E-state index in [2.05, 4.69) is 0 Å². The number of unbranched alkanes of at least 4 members (excludes halogenated alkanes) is 1. The number of para-hydroxylation sites is 1. The van der Waals surface area contributed by atoms with Gasteiger partial charge in [0.15, 0.2) is 6.61 Å². The van der Waals surface area contributed by atoms with Crippen molar-refractivity contribution in [3.8, 4) is 5.75 Å². The minimum absolute atomic E-state index is 0.0826. The Hall–Kier alpha value is -2.08. The fourth-order valence-electron chi connectivity index (χ4n) is 1.87. The van der Waals surface area contributed by atoms with Crippen LogP contribution < -0.4 is 16.2 Å². The van der Waals surface area contributed by atoms with E-state index in [9.17, 15) is 9.59 Å². The molecule has 4 N–H and O–H groups in total. The number of amides is 2. The minimum Gasteiger partial charge on any atom is -0.483 e. The molecule has 0 spiro atoms. The van der Waals surface area contributed by atoms with E-state index in [-0.39, 0.29) is 19.1 Å². The molecule has 0 heterocycles. The van der Waals surface area contributed by atoms with Crippen LogP contribution in [0.25, 0.3) is 0 Å². The van der Waals surface area contributed by atoms with Gasteiger partial charge in [-0.15, -0.1) is 0 Å². The molecule has 0 saturated carbocycles. The number of carbonyl (C=O) groups is 2. The summed E-state index contributed by atoms with van der Waals surface area (Å²) in [6.45, 7) is 2.64. The van der Waals surface area contributed by atoms with E-state index in [1.165, 1.54) is 4.90 Å². The molecule has 116 valence electrons. The Bertz CT molecular complexity index is 477. The average molecular weight is 293 g/mol. The second-order valence-corrected chi connectivity index (χ2v) is 4.74. The number of primary amides is 1. The molecule has 21 heavy (non-hydrogen) atoms. The first-order valence-corrected chi connectivity index (χ1v) is 7.05. The first-order valence-electron chi connectivity index (χ1n) is 7.05. The molecular formula is C15H23N3O3. The van der Waals surface area contributed by atoms with E-state index < -0.39 is 5.91 Å². The van der Waals surface area contributed by atoms with Crippen molar-refractivity contribution in [2.45, 2.75) is 26.3 Å². The Morgan fingerprint density at radius 3 is 2.62 bits per heavy atom. The summed E-state index contributed by atoms with van der Waals surface area (Å²) in [7, 11) is 0. The number of rotatable bonds is 9. The molecular weight excluding hydrogens is 270 g/mol. The summed E-state index contributed by atoms with van der Waals surface area (Å²) < 4.78 is 5.51. The molecule has 0 fully saturated rings. The Labute approximate surface area is 125 Å². The lowest BCUT2D eigenvalue weighted by Crippen LogP contribution is -2.41. The molecule has 6 heteroatoms. The average Bonchev–Trinajstić information content (AvgIpc) is 2.48. The monoisotopic (exact) mass is 293 g/mol. The van der Waals surface area contributed by atoms with E-state index in [4.69, 9.17) is 16.2 Å². The molecule has 0 bridgehead atoms. The maximum absolute atomic E-state index is 12.1. The number of benzene rings is 1. The number of nitrogens with two attached hydrogens (primary N) is 2.